The minimum atomic E-state index is -1.69. The maximum absolute atomic E-state index is 13.4. The molecule has 1 aromatic rings. The molecule has 4 nitrogen and oxygen atoms in total. The molecular formula is C14H15F3N2O2. The molecule has 2 amide bonds. The number of rotatable bonds is 1. The maximum Gasteiger partial charge on any atom is 0.313 e. The van der Waals surface area contributed by atoms with Crippen LogP contribution < -0.4 is 5.32 Å². The molecule has 1 N–H and O–H groups in total. The second-order valence-corrected chi connectivity index (χ2v) is 4.88. The van der Waals surface area contributed by atoms with Gasteiger partial charge in [0.2, 0.25) is 0 Å². The van der Waals surface area contributed by atoms with Crippen molar-refractivity contribution >= 4 is 17.5 Å². The number of likely N-dealkylation sites (tertiary alicyclic amines) is 1. The maximum atomic E-state index is 13.4. The van der Waals surface area contributed by atoms with Crippen molar-refractivity contribution in [2.75, 3.05) is 18.4 Å². The zero-order valence-corrected chi connectivity index (χ0v) is 11.3. The summed E-state index contributed by atoms with van der Waals surface area (Å²) in [7, 11) is 0. The van der Waals surface area contributed by atoms with Crippen molar-refractivity contribution < 1.29 is 22.8 Å². The van der Waals surface area contributed by atoms with Crippen LogP contribution in [0.4, 0.5) is 18.9 Å². The summed E-state index contributed by atoms with van der Waals surface area (Å²) in [6, 6.07) is 1.56. The van der Waals surface area contributed by atoms with E-state index in [2.05, 4.69) is 0 Å². The number of anilines is 1. The highest BCUT2D eigenvalue weighted by Crippen LogP contribution is 2.19. The van der Waals surface area contributed by atoms with E-state index in [1.54, 1.807) is 0 Å². The number of halogens is 3. The number of amides is 2. The predicted octanol–water partition coefficient (Wildman–Crippen LogP) is 2.45. The van der Waals surface area contributed by atoms with E-state index in [-0.39, 0.29) is 0 Å². The molecule has 0 aliphatic carbocycles. The van der Waals surface area contributed by atoms with E-state index in [9.17, 15) is 22.8 Å². The summed E-state index contributed by atoms with van der Waals surface area (Å²) >= 11 is 0. The zero-order valence-electron chi connectivity index (χ0n) is 11.3. The molecule has 1 saturated heterocycles. The van der Waals surface area contributed by atoms with Crippen molar-refractivity contribution in [3.63, 3.8) is 0 Å². The molecule has 0 spiro atoms. The summed E-state index contributed by atoms with van der Waals surface area (Å²) in [5, 5.41) is 1.98. The largest absolute Gasteiger partial charge is 0.334 e. The molecule has 1 aromatic carbocycles. The first-order chi connectivity index (χ1) is 10.0. The number of hydrogen-bond acceptors (Lipinski definition) is 2. The van der Waals surface area contributed by atoms with E-state index in [1.165, 1.54) is 4.90 Å². The molecule has 0 bridgehead atoms. The van der Waals surface area contributed by atoms with Gasteiger partial charge in [0.05, 0.1) is 5.69 Å². The van der Waals surface area contributed by atoms with Crippen LogP contribution in [0.15, 0.2) is 12.1 Å². The summed E-state index contributed by atoms with van der Waals surface area (Å²) in [4.78, 5) is 25.1. The Morgan fingerprint density at radius 2 is 1.57 bits per heavy atom. The molecule has 1 aliphatic heterocycles. The van der Waals surface area contributed by atoms with Crippen LogP contribution in [0.3, 0.4) is 0 Å². The van der Waals surface area contributed by atoms with E-state index in [0.717, 1.165) is 31.7 Å². The van der Waals surface area contributed by atoms with E-state index >= 15 is 0 Å². The first-order valence-electron chi connectivity index (χ1n) is 6.74. The van der Waals surface area contributed by atoms with Gasteiger partial charge in [0.15, 0.2) is 17.5 Å². The third-order valence-electron chi connectivity index (χ3n) is 3.37. The fraction of sp³-hybridized carbons (Fsp3) is 0.429. The van der Waals surface area contributed by atoms with Crippen LogP contribution in [0, 0.1) is 17.5 Å². The molecule has 0 unspecified atom stereocenters. The normalized spacial score (nSPS) is 15.5. The number of hydrogen-bond donors (Lipinski definition) is 1. The van der Waals surface area contributed by atoms with E-state index in [0.29, 0.717) is 19.2 Å². The topological polar surface area (TPSA) is 49.4 Å². The van der Waals surface area contributed by atoms with Crippen LogP contribution in [0.5, 0.6) is 0 Å². The van der Waals surface area contributed by atoms with Crippen LogP contribution in [-0.4, -0.2) is 29.8 Å². The third-order valence-corrected chi connectivity index (χ3v) is 3.37. The Morgan fingerprint density at radius 1 is 0.952 bits per heavy atom. The van der Waals surface area contributed by atoms with Crippen molar-refractivity contribution in [2.45, 2.75) is 25.7 Å². The Hall–Kier alpha value is -2.05. The van der Waals surface area contributed by atoms with Crippen LogP contribution in [-0.2, 0) is 9.59 Å². The SMILES string of the molecule is O=C(Nc1ccc(F)c(F)c1F)C(=O)N1CCCCCC1. The molecule has 0 saturated carbocycles. The van der Waals surface area contributed by atoms with Gasteiger partial charge in [0.1, 0.15) is 0 Å². The monoisotopic (exact) mass is 300 g/mol. The van der Waals surface area contributed by atoms with Crippen LogP contribution in [0.25, 0.3) is 0 Å². The molecule has 21 heavy (non-hydrogen) atoms. The fourth-order valence-corrected chi connectivity index (χ4v) is 2.22. The van der Waals surface area contributed by atoms with Gasteiger partial charge in [-0.3, -0.25) is 9.59 Å². The molecule has 2 rings (SSSR count). The summed E-state index contributed by atoms with van der Waals surface area (Å²) in [5.41, 5.74) is -0.554. The van der Waals surface area contributed by atoms with Gasteiger partial charge in [-0.25, -0.2) is 13.2 Å². The van der Waals surface area contributed by atoms with Gasteiger partial charge in [0.25, 0.3) is 0 Å². The number of nitrogens with one attached hydrogen (secondary N) is 1. The Balaban J connectivity index is 2.07. The van der Waals surface area contributed by atoms with Gasteiger partial charge >= 0.3 is 11.8 Å². The lowest BCUT2D eigenvalue weighted by Gasteiger charge is -2.19. The van der Waals surface area contributed by atoms with Crippen LogP contribution in [0.2, 0.25) is 0 Å². The Kier molecular flexibility index (Phi) is 4.82. The minimum Gasteiger partial charge on any atom is -0.334 e. The predicted molar refractivity (Wildman–Crippen MR) is 70.0 cm³/mol. The highest BCUT2D eigenvalue weighted by molar-refractivity contribution is 6.39. The lowest BCUT2D eigenvalue weighted by Crippen LogP contribution is -2.40. The van der Waals surface area contributed by atoms with Crippen molar-refractivity contribution in [1.29, 1.82) is 0 Å². The zero-order chi connectivity index (χ0) is 15.4. The standard InChI is InChI=1S/C14H15F3N2O2/c15-9-5-6-10(12(17)11(9)16)18-13(20)14(21)19-7-3-1-2-4-8-19/h5-6H,1-4,7-8H2,(H,18,20). The molecule has 0 radical (unpaired) electrons. The molecule has 0 aromatic heterocycles. The van der Waals surface area contributed by atoms with E-state index < -0.39 is 35.0 Å². The average Bonchev–Trinajstić information content (AvgIpc) is 2.76. The Bertz CT molecular complexity index is 555. The quantitative estimate of drug-likeness (QED) is 0.640. The van der Waals surface area contributed by atoms with Crippen molar-refractivity contribution in [2.24, 2.45) is 0 Å². The molecule has 7 heteroatoms. The van der Waals surface area contributed by atoms with Gasteiger partial charge in [0, 0.05) is 13.1 Å². The van der Waals surface area contributed by atoms with Gasteiger partial charge in [-0.15, -0.1) is 0 Å². The number of carbonyl (C=O) groups excluding carboxylic acids is 2. The smallest absolute Gasteiger partial charge is 0.313 e. The molecule has 1 fully saturated rings. The minimum absolute atomic E-state index is 0.465. The van der Waals surface area contributed by atoms with Gasteiger partial charge < -0.3 is 10.2 Å². The van der Waals surface area contributed by atoms with Crippen LogP contribution in [0.1, 0.15) is 25.7 Å². The molecule has 0 atom stereocenters. The highest BCUT2D eigenvalue weighted by Gasteiger charge is 2.24. The average molecular weight is 300 g/mol. The highest BCUT2D eigenvalue weighted by atomic mass is 19.2. The molecule has 1 heterocycles. The Morgan fingerprint density at radius 3 is 2.19 bits per heavy atom. The first-order valence-corrected chi connectivity index (χ1v) is 6.74. The lowest BCUT2D eigenvalue weighted by atomic mass is 10.2. The van der Waals surface area contributed by atoms with Crippen molar-refractivity contribution in [3.05, 3.63) is 29.6 Å². The third kappa shape index (κ3) is 3.53. The second kappa shape index (κ2) is 6.60. The van der Waals surface area contributed by atoms with E-state index in [1.807, 2.05) is 5.32 Å². The van der Waals surface area contributed by atoms with Crippen LogP contribution >= 0.6 is 0 Å². The lowest BCUT2D eigenvalue weighted by molar-refractivity contribution is -0.143. The number of nitrogens with zero attached hydrogens (tertiary/aromatic N) is 1. The second-order valence-electron chi connectivity index (χ2n) is 4.88. The number of benzene rings is 1. The Labute approximate surface area is 119 Å². The summed E-state index contributed by atoms with van der Waals surface area (Å²) in [5.74, 6) is -6.41. The van der Waals surface area contributed by atoms with Gasteiger partial charge in [-0.1, -0.05) is 12.8 Å². The summed E-state index contributed by atoms with van der Waals surface area (Å²) in [6.07, 6.45) is 3.59. The molecule has 114 valence electrons. The molecular weight excluding hydrogens is 285 g/mol. The first kappa shape index (κ1) is 15.3. The summed E-state index contributed by atoms with van der Waals surface area (Å²) in [6.45, 7) is 0.930. The summed E-state index contributed by atoms with van der Waals surface area (Å²) < 4.78 is 39.3. The van der Waals surface area contributed by atoms with Gasteiger partial charge in [-0.2, -0.15) is 0 Å². The fourth-order valence-electron chi connectivity index (χ4n) is 2.22. The van der Waals surface area contributed by atoms with E-state index in [4.69, 9.17) is 0 Å². The number of carbonyl (C=O) groups is 2. The van der Waals surface area contributed by atoms with Gasteiger partial charge in [-0.05, 0) is 25.0 Å². The van der Waals surface area contributed by atoms with Crippen molar-refractivity contribution in [3.8, 4) is 0 Å². The molecule has 1 aliphatic rings. The van der Waals surface area contributed by atoms with Crippen molar-refractivity contribution in [1.82, 2.24) is 4.90 Å².